The van der Waals surface area contributed by atoms with Gasteiger partial charge in [-0.15, -0.1) is 0 Å². The molecule has 0 saturated carbocycles. The Balaban J connectivity index is 4.22. The Labute approximate surface area is 254 Å². The fraction of sp³-hybridized carbons (Fsp3) is 0.857. The molecule has 6 nitrogen and oxygen atoms in total. The molecule has 0 atom stereocenters. The number of rotatable bonds is 29. The molecule has 0 fully saturated rings. The van der Waals surface area contributed by atoms with Crippen LogP contribution in [0.2, 0.25) is 0 Å². The fourth-order valence-electron chi connectivity index (χ4n) is 4.80. The molecule has 0 aliphatic carbocycles. The molecule has 0 rings (SSSR count). The second-order valence-corrected chi connectivity index (χ2v) is 12.2. The largest absolute Gasteiger partial charge is 0.356 e. The molecule has 240 valence electrons. The van der Waals surface area contributed by atoms with Gasteiger partial charge in [-0.25, -0.2) is 0 Å². The minimum atomic E-state index is 0.131. The number of amides is 3. The number of nitrogens with zero attached hydrogens (tertiary/aromatic N) is 1. The van der Waals surface area contributed by atoms with Gasteiger partial charge in [-0.05, 0) is 76.5 Å². The molecule has 0 saturated heterocycles. The molecule has 2 N–H and O–H groups in total. The van der Waals surface area contributed by atoms with E-state index < -0.39 is 0 Å². The number of carbonyl (C=O) groups excluding carboxylic acids is 3. The predicted molar refractivity (Wildman–Crippen MR) is 175 cm³/mol. The topological polar surface area (TPSA) is 78.5 Å². The molecular formula is C35H67N3O3. The lowest BCUT2D eigenvalue weighted by Crippen LogP contribution is -2.34. The van der Waals surface area contributed by atoms with Gasteiger partial charge in [0.25, 0.3) is 0 Å². The van der Waals surface area contributed by atoms with E-state index in [9.17, 15) is 14.4 Å². The first-order valence-electron chi connectivity index (χ1n) is 17.4. The zero-order valence-corrected chi connectivity index (χ0v) is 27.6. The first-order valence-corrected chi connectivity index (χ1v) is 17.4. The molecule has 0 aromatic heterocycles. The smallest absolute Gasteiger partial charge is 0.222 e. The van der Waals surface area contributed by atoms with Crippen molar-refractivity contribution in [2.75, 3.05) is 26.2 Å². The molecule has 0 spiro atoms. The van der Waals surface area contributed by atoms with Crippen LogP contribution in [0.4, 0.5) is 0 Å². The van der Waals surface area contributed by atoms with Crippen molar-refractivity contribution in [3.63, 3.8) is 0 Å². The minimum absolute atomic E-state index is 0.131. The molecule has 0 aliphatic heterocycles. The van der Waals surface area contributed by atoms with E-state index in [0.717, 1.165) is 89.6 Å². The summed E-state index contributed by atoms with van der Waals surface area (Å²) in [5.74, 6) is 1.33. The molecule has 0 aromatic carbocycles. The number of unbranched alkanes of at least 4 members (excludes halogenated alkanes) is 11. The zero-order chi connectivity index (χ0) is 30.4. The average Bonchev–Trinajstić information content (AvgIpc) is 2.95. The van der Waals surface area contributed by atoms with E-state index in [1.165, 1.54) is 44.9 Å². The van der Waals surface area contributed by atoms with E-state index >= 15 is 0 Å². The summed E-state index contributed by atoms with van der Waals surface area (Å²) < 4.78 is 0. The highest BCUT2D eigenvalue weighted by atomic mass is 16.2. The molecule has 0 bridgehead atoms. The third-order valence-corrected chi connectivity index (χ3v) is 7.55. The maximum atomic E-state index is 13.0. The summed E-state index contributed by atoms with van der Waals surface area (Å²) in [6.45, 7) is 11.6. The van der Waals surface area contributed by atoms with E-state index in [0.29, 0.717) is 32.4 Å². The molecule has 6 heteroatoms. The van der Waals surface area contributed by atoms with Gasteiger partial charge in [-0.3, -0.25) is 14.4 Å². The summed E-state index contributed by atoms with van der Waals surface area (Å²) in [5.41, 5.74) is 0. The second kappa shape index (κ2) is 29.6. The van der Waals surface area contributed by atoms with Gasteiger partial charge in [0.15, 0.2) is 0 Å². The van der Waals surface area contributed by atoms with Crippen LogP contribution in [0.3, 0.4) is 0 Å². The number of hydrogen-bond donors (Lipinski definition) is 2. The van der Waals surface area contributed by atoms with Crippen LogP contribution >= 0.6 is 0 Å². The van der Waals surface area contributed by atoms with Crippen LogP contribution in [-0.4, -0.2) is 48.8 Å². The zero-order valence-electron chi connectivity index (χ0n) is 27.6. The van der Waals surface area contributed by atoms with Gasteiger partial charge >= 0.3 is 0 Å². The van der Waals surface area contributed by atoms with Crippen molar-refractivity contribution in [2.24, 2.45) is 5.92 Å². The summed E-state index contributed by atoms with van der Waals surface area (Å²) in [5, 5.41) is 6.00. The van der Waals surface area contributed by atoms with E-state index in [2.05, 4.69) is 50.5 Å². The molecular weight excluding hydrogens is 510 g/mol. The lowest BCUT2D eigenvalue weighted by atomic mass is 10.0. The lowest BCUT2D eigenvalue weighted by Gasteiger charge is -2.23. The van der Waals surface area contributed by atoms with Crippen molar-refractivity contribution >= 4 is 17.7 Å². The van der Waals surface area contributed by atoms with E-state index in [-0.39, 0.29) is 17.7 Å². The summed E-state index contributed by atoms with van der Waals surface area (Å²) in [4.78, 5) is 38.7. The van der Waals surface area contributed by atoms with Crippen LogP contribution in [0.1, 0.15) is 163 Å². The highest BCUT2D eigenvalue weighted by molar-refractivity contribution is 5.76. The summed E-state index contributed by atoms with van der Waals surface area (Å²) in [6.07, 6.45) is 26.2. The van der Waals surface area contributed by atoms with Gasteiger partial charge in [0.05, 0.1) is 0 Å². The van der Waals surface area contributed by atoms with Gasteiger partial charge in [0, 0.05) is 45.4 Å². The maximum absolute atomic E-state index is 13.0. The summed E-state index contributed by atoms with van der Waals surface area (Å²) in [6, 6.07) is 0. The SMILES string of the molecule is CCCCC(=O)NCCCCN(CCCCNC(=O)CCCC)C(=O)CCCCC=CCCCCCCCC(C)C. The van der Waals surface area contributed by atoms with Gasteiger partial charge in [0.2, 0.25) is 17.7 Å². The van der Waals surface area contributed by atoms with Crippen molar-refractivity contribution in [3.8, 4) is 0 Å². The van der Waals surface area contributed by atoms with Crippen molar-refractivity contribution < 1.29 is 14.4 Å². The van der Waals surface area contributed by atoms with E-state index in [1.807, 2.05) is 4.90 Å². The quantitative estimate of drug-likeness (QED) is 0.0691. The highest BCUT2D eigenvalue weighted by Crippen LogP contribution is 2.12. The monoisotopic (exact) mass is 578 g/mol. The lowest BCUT2D eigenvalue weighted by molar-refractivity contribution is -0.131. The first-order chi connectivity index (χ1) is 19.9. The van der Waals surface area contributed by atoms with Crippen molar-refractivity contribution in [3.05, 3.63) is 12.2 Å². The van der Waals surface area contributed by atoms with Crippen LogP contribution in [0.15, 0.2) is 12.2 Å². The van der Waals surface area contributed by atoms with E-state index in [1.54, 1.807) is 0 Å². The average molecular weight is 578 g/mol. The van der Waals surface area contributed by atoms with Gasteiger partial charge < -0.3 is 15.5 Å². The van der Waals surface area contributed by atoms with Gasteiger partial charge in [0.1, 0.15) is 0 Å². The molecule has 0 unspecified atom stereocenters. The highest BCUT2D eigenvalue weighted by Gasteiger charge is 2.13. The van der Waals surface area contributed by atoms with Gasteiger partial charge in [-0.2, -0.15) is 0 Å². The van der Waals surface area contributed by atoms with Crippen molar-refractivity contribution in [1.29, 1.82) is 0 Å². The Morgan fingerprint density at radius 1 is 0.585 bits per heavy atom. The normalized spacial score (nSPS) is 11.3. The standard InChI is InChI=1S/C35H67N3O3/c1-5-7-25-33(39)36-28-20-22-30-38(31-23-21-29-37-34(40)26-8-6-2)35(41)27-19-17-15-13-11-9-10-12-14-16-18-24-32(3)4/h11,13,32H,5-10,12,14-31H2,1-4H3,(H,36,39)(H,37,40). The van der Waals surface area contributed by atoms with Crippen molar-refractivity contribution in [2.45, 2.75) is 163 Å². The minimum Gasteiger partial charge on any atom is -0.356 e. The number of carbonyl (C=O) groups is 3. The van der Waals surface area contributed by atoms with Crippen LogP contribution in [0.5, 0.6) is 0 Å². The van der Waals surface area contributed by atoms with Gasteiger partial charge in [-0.1, -0.05) is 84.8 Å². The summed E-state index contributed by atoms with van der Waals surface area (Å²) >= 11 is 0. The molecule has 0 radical (unpaired) electrons. The fourth-order valence-corrected chi connectivity index (χ4v) is 4.80. The van der Waals surface area contributed by atoms with Crippen LogP contribution in [-0.2, 0) is 14.4 Å². The van der Waals surface area contributed by atoms with Crippen LogP contribution < -0.4 is 10.6 Å². The molecule has 41 heavy (non-hydrogen) atoms. The molecule has 0 aliphatic rings. The van der Waals surface area contributed by atoms with Crippen LogP contribution in [0, 0.1) is 5.92 Å². The predicted octanol–water partition coefficient (Wildman–Crippen LogP) is 8.49. The van der Waals surface area contributed by atoms with Crippen molar-refractivity contribution in [1.82, 2.24) is 15.5 Å². The Morgan fingerprint density at radius 3 is 1.59 bits per heavy atom. The summed E-state index contributed by atoms with van der Waals surface area (Å²) in [7, 11) is 0. The third-order valence-electron chi connectivity index (χ3n) is 7.55. The van der Waals surface area contributed by atoms with E-state index in [4.69, 9.17) is 0 Å². The Morgan fingerprint density at radius 2 is 1.07 bits per heavy atom. The third kappa shape index (κ3) is 28.1. The number of hydrogen-bond acceptors (Lipinski definition) is 3. The maximum Gasteiger partial charge on any atom is 0.222 e. The number of nitrogens with one attached hydrogen (secondary N) is 2. The first kappa shape index (κ1) is 39.1. The Bertz CT molecular complexity index is 633. The number of allylic oxidation sites excluding steroid dienone is 2. The molecule has 3 amide bonds. The second-order valence-electron chi connectivity index (χ2n) is 12.2. The Hall–Kier alpha value is -1.85. The molecule has 0 heterocycles. The molecule has 0 aromatic rings. The Kier molecular flexibility index (Phi) is 28.3. The van der Waals surface area contributed by atoms with Crippen LogP contribution in [0.25, 0.3) is 0 Å².